The van der Waals surface area contributed by atoms with Gasteiger partial charge in [0.25, 0.3) is 0 Å². The molecule has 0 bridgehead atoms. The first-order valence-electron chi connectivity index (χ1n) is 14.8. The Morgan fingerprint density at radius 3 is 2.31 bits per heavy atom. The second kappa shape index (κ2) is 14.3. The average Bonchev–Trinajstić information content (AvgIpc) is 3.41. The molecule has 1 aliphatic heterocycles. The molecule has 2 amide bonds. The first kappa shape index (κ1) is 29.6. The van der Waals surface area contributed by atoms with Crippen LogP contribution < -0.4 is 0 Å². The highest BCUT2D eigenvalue weighted by molar-refractivity contribution is 7.99. The quantitative estimate of drug-likeness (QED) is 0.167. The van der Waals surface area contributed by atoms with Gasteiger partial charge in [-0.25, -0.2) is 0 Å². The van der Waals surface area contributed by atoms with Crippen LogP contribution in [0.2, 0.25) is 0 Å². The number of hydrogen-bond donors (Lipinski definition) is 0. The van der Waals surface area contributed by atoms with Crippen molar-refractivity contribution in [1.82, 2.24) is 24.6 Å². The summed E-state index contributed by atoms with van der Waals surface area (Å²) >= 11 is 1.64. The Bertz CT molecular complexity index is 1470. The van der Waals surface area contributed by atoms with Crippen LogP contribution in [-0.2, 0) is 22.4 Å². The second-order valence-electron chi connectivity index (χ2n) is 10.9. The largest absolute Gasteiger partial charge is 0.339 e. The molecule has 3 aromatic carbocycles. The number of carbonyl (C=O) groups excluding carboxylic acids is 2. The third-order valence-corrected chi connectivity index (χ3v) is 8.72. The van der Waals surface area contributed by atoms with E-state index < -0.39 is 0 Å². The third kappa shape index (κ3) is 7.68. The van der Waals surface area contributed by atoms with E-state index in [1.165, 1.54) is 16.7 Å². The van der Waals surface area contributed by atoms with Crippen molar-refractivity contribution in [2.45, 2.75) is 57.1 Å². The molecule has 2 heterocycles. The summed E-state index contributed by atoms with van der Waals surface area (Å²) in [6, 6.07) is 28.8. The predicted octanol–water partition coefficient (Wildman–Crippen LogP) is 5.73. The highest BCUT2D eigenvalue weighted by atomic mass is 32.2. The zero-order valence-corrected chi connectivity index (χ0v) is 25.3. The first-order chi connectivity index (χ1) is 20.5. The van der Waals surface area contributed by atoms with Gasteiger partial charge in [-0.05, 0) is 55.5 Å². The van der Waals surface area contributed by atoms with E-state index in [0.717, 1.165) is 35.3 Å². The van der Waals surface area contributed by atoms with E-state index in [4.69, 9.17) is 0 Å². The predicted molar refractivity (Wildman–Crippen MR) is 168 cm³/mol. The lowest BCUT2D eigenvalue weighted by atomic mass is 10.1. The van der Waals surface area contributed by atoms with E-state index in [-0.39, 0.29) is 17.9 Å². The van der Waals surface area contributed by atoms with Crippen LogP contribution in [0.3, 0.4) is 0 Å². The summed E-state index contributed by atoms with van der Waals surface area (Å²) in [5.74, 6) is 1.99. The van der Waals surface area contributed by atoms with Gasteiger partial charge >= 0.3 is 0 Å². The Labute approximate surface area is 252 Å². The molecule has 0 N–H and O–H groups in total. The van der Waals surface area contributed by atoms with Gasteiger partial charge in [0, 0.05) is 56.4 Å². The number of rotatable bonds is 11. The van der Waals surface area contributed by atoms with E-state index in [9.17, 15) is 9.59 Å². The molecule has 0 aliphatic carbocycles. The fourth-order valence-corrected chi connectivity index (χ4v) is 6.36. The van der Waals surface area contributed by atoms with Gasteiger partial charge in [-0.3, -0.25) is 14.2 Å². The van der Waals surface area contributed by atoms with Gasteiger partial charge in [0.15, 0.2) is 5.16 Å². The van der Waals surface area contributed by atoms with Crippen molar-refractivity contribution in [2.75, 3.05) is 25.4 Å². The van der Waals surface area contributed by atoms with Gasteiger partial charge in [-0.15, -0.1) is 10.2 Å². The van der Waals surface area contributed by atoms with E-state index in [1.807, 2.05) is 53.1 Å². The van der Waals surface area contributed by atoms with Gasteiger partial charge in [-0.1, -0.05) is 84.6 Å². The summed E-state index contributed by atoms with van der Waals surface area (Å²) in [4.78, 5) is 29.8. The Morgan fingerprint density at radius 1 is 0.857 bits per heavy atom. The molecule has 42 heavy (non-hydrogen) atoms. The zero-order chi connectivity index (χ0) is 29.3. The highest BCUT2D eigenvalue weighted by Gasteiger charge is 2.29. The number of hydrogen-bond acceptors (Lipinski definition) is 5. The molecule has 218 valence electrons. The molecule has 1 saturated heterocycles. The maximum absolute atomic E-state index is 13.1. The standard InChI is InChI=1S/C34H39N5O2S/c1-26-11-9-16-30(23-26)39-31(24-29-14-7-4-8-15-29)35-36-34(39)42-22-10-17-32(40)37-20-21-38(27(2)25-37)33(41)19-18-28-12-5-3-6-13-28/h3-9,11-16,23,27H,10,17-22,24-25H2,1-2H3. The molecule has 1 unspecified atom stereocenters. The summed E-state index contributed by atoms with van der Waals surface area (Å²) in [6.45, 7) is 5.91. The maximum Gasteiger partial charge on any atom is 0.223 e. The molecule has 4 aromatic rings. The monoisotopic (exact) mass is 581 g/mol. The number of benzene rings is 3. The number of carbonyl (C=O) groups is 2. The Kier molecular flexibility index (Phi) is 10.1. The van der Waals surface area contributed by atoms with E-state index in [1.54, 1.807) is 11.8 Å². The Hall–Kier alpha value is -3.91. The molecule has 5 rings (SSSR count). The lowest BCUT2D eigenvalue weighted by Crippen LogP contribution is -2.55. The summed E-state index contributed by atoms with van der Waals surface area (Å²) in [5, 5.41) is 9.93. The normalized spacial score (nSPS) is 15.1. The average molecular weight is 582 g/mol. The van der Waals surface area contributed by atoms with Crippen molar-refractivity contribution in [2.24, 2.45) is 0 Å². The number of aromatic nitrogens is 3. The molecular weight excluding hydrogens is 542 g/mol. The molecule has 8 heteroatoms. The van der Waals surface area contributed by atoms with Crippen LogP contribution in [0, 0.1) is 6.92 Å². The topological polar surface area (TPSA) is 71.3 Å². The van der Waals surface area contributed by atoms with Crippen molar-refractivity contribution in [3.63, 3.8) is 0 Å². The van der Waals surface area contributed by atoms with Crippen molar-refractivity contribution in [1.29, 1.82) is 0 Å². The Balaban J connectivity index is 1.12. The summed E-state index contributed by atoms with van der Waals surface area (Å²) in [6.07, 6.45) is 3.17. The van der Waals surface area contributed by atoms with Crippen LogP contribution in [0.5, 0.6) is 0 Å². The molecule has 1 aliphatic rings. The molecule has 1 fully saturated rings. The van der Waals surface area contributed by atoms with Crippen molar-refractivity contribution in [3.05, 3.63) is 107 Å². The molecule has 0 spiro atoms. The SMILES string of the molecule is Cc1cccc(-n2c(Cc3ccccc3)nnc2SCCCC(=O)N2CCN(C(=O)CCc3ccccc3)C(C)C2)c1. The minimum Gasteiger partial charge on any atom is -0.339 e. The molecule has 1 aromatic heterocycles. The maximum atomic E-state index is 13.1. The second-order valence-corrected chi connectivity index (χ2v) is 12.0. The fourth-order valence-electron chi connectivity index (χ4n) is 5.45. The Morgan fingerprint density at radius 2 is 1.60 bits per heavy atom. The van der Waals surface area contributed by atoms with Gasteiger partial charge in [-0.2, -0.15) is 0 Å². The number of aryl methyl sites for hydroxylation is 2. The van der Waals surface area contributed by atoms with Crippen LogP contribution in [-0.4, -0.2) is 67.8 Å². The number of thioether (sulfide) groups is 1. The van der Waals surface area contributed by atoms with Crippen LogP contribution in [0.25, 0.3) is 5.69 Å². The highest BCUT2D eigenvalue weighted by Crippen LogP contribution is 2.25. The number of piperazine rings is 1. The van der Waals surface area contributed by atoms with Gasteiger partial charge in [0.05, 0.1) is 0 Å². The van der Waals surface area contributed by atoms with Gasteiger partial charge in [0.2, 0.25) is 11.8 Å². The molecule has 7 nitrogen and oxygen atoms in total. The summed E-state index contributed by atoms with van der Waals surface area (Å²) in [5.41, 5.74) is 4.60. The number of nitrogens with zero attached hydrogens (tertiary/aromatic N) is 5. The van der Waals surface area contributed by atoms with Crippen LogP contribution in [0.15, 0.2) is 90.1 Å². The summed E-state index contributed by atoms with van der Waals surface area (Å²) in [7, 11) is 0. The van der Waals surface area contributed by atoms with Crippen molar-refractivity contribution in [3.8, 4) is 5.69 Å². The molecular formula is C34H39N5O2S. The van der Waals surface area contributed by atoms with Crippen molar-refractivity contribution >= 4 is 23.6 Å². The smallest absolute Gasteiger partial charge is 0.223 e. The van der Waals surface area contributed by atoms with E-state index in [0.29, 0.717) is 38.9 Å². The number of amides is 2. The minimum absolute atomic E-state index is 0.0243. The molecule has 1 atom stereocenters. The molecule has 0 saturated carbocycles. The van der Waals surface area contributed by atoms with Crippen LogP contribution >= 0.6 is 11.8 Å². The summed E-state index contributed by atoms with van der Waals surface area (Å²) < 4.78 is 2.14. The van der Waals surface area contributed by atoms with Gasteiger partial charge < -0.3 is 9.80 Å². The lowest BCUT2D eigenvalue weighted by molar-refractivity contribution is -0.142. The fraction of sp³-hybridized carbons (Fsp3) is 0.353. The zero-order valence-electron chi connectivity index (χ0n) is 24.5. The van der Waals surface area contributed by atoms with Crippen LogP contribution in [0.1, 0.15) is 48.7 Å². The minimum atomic E-state index is 0.0243. The van der Waals surface area contributed by atoms with Gasteiger partial charge in [0.1, 0.15) is 5.82 Å². The first-order valence-corrected chi connectivity index (χ1v) is 15.8. The van der Waals surface area contributed by atoms with E-state index in [2.05, 4.69) is 70.2 Å². The lowest BCUT2D eigenvalue weighted by Gasteiger charge is -2.40. The third-order valence-electron chi connectivity index (χ3n) is 7.70. The van der Waals surface area contributed by atoms with Crippen LogP contribution in [0.4, 0.5) is 0 Å². The van der Waals surface area contributed by atoms with Crippen molar-refractivity contribution < 1.29 is 9.59 Å². The van der Waals surface area contributed by atoms with E-state index >= 15 is 0 Å². The molecule has 0 radical (unpaired) electrons.